The van der Waals surface area contributed by atoms with Crippen LogP contribution in [0.2, 0.25) is 0 Å². The molecule has 0 aliphatic heterocycles. The standard InChI is InChI=1S/C22H42N4O8/c1-15(31-17(27)21(3,4)5)33-19(29)25-13-11-23-9-10-24-12-14-26-20(30)34-16(2)32-18(28)22(6,7)8/h15-16,23-24H,9-14H2,1-8H3,(H,25,29)(H,26,30). The molecule has 12 heteroatoms. The fourth-order valence-corrected chi connectivity index (χ4v) is 2.02. The maximum atomic E-state index is 11.7. The minimum Gasteiger partial charge on any atom is -0.425 e. The first-order chi connectivity index (χ1) is 15.6. The van der Waals surface area contributed by atoms with Gasteiger partial charge in [0, 0.05) is 53.1 Å². The summed E-state index contributed by atoms with van der Waals surface area (Å²) in [5, 5.41) is 11.4. The second-order valence-corrected chi connectivity index (χ2v) is 9.61. The largest absolute Gasteiger partial charge is 0.425 e. The fourth-order valence-electron chi connectivity index (χ4n) is 2.02. The molecule has 12 nitrogen and oxygen atoms in total. The van der Waals surface area contributed by atoms with E-state index in [1.165, 1.54) is 13.8 Å². The van der Waals surface area contributed by atoms with E-state index >= 15 is 0 Å². The second-order valence-electron chi connectivity index (χ2n) is 9.61. The van der Waals surface area contributed by atoms with Gasteiger partial charge in [-0.2, -0.15) is 0 Å². The van der Waals surface area contributed by atoms with Gasteiger partial charge in [-0.1, -0.05) is 0 Å². The molecule has 0 saturated carbocycles. The van der Waals surface area contributed by atoms with Gasteiger partial charge in [-0.3, -0.25) is 9.59 Å². The van der Waals surface area contributed by atoms with Crippen molar-refractivity contribution in [1.82, 2.24) is 21.3 Å². The van der Waals surface area contributed by atoms with Crippen LogP contribution in [0.25, 0.3) is 0 Å². The van der Waals surface area contributed by atoms with Gasteiger partial charge in [-0.05, 0) is 41.5 Å². The Morgan fingerprint density at radius 2 is 0.853 bits per heavy atom. The zero-order valence-electron chi connectivity index (χ0n) is 21.7. The summed E-state index contributed by atoms with van der Waals surface area (Å²) in [5.74, 6) is -0.907. The predicted octanol–water partition coefficient (Wildman–Crippen LogP) is 1.49. The van der Waals surface area contributed by atoms with Crippen molar-refractivity contribution in [2.24, 2.45) is 10.8 Å². The van der Waals surface area contributed by atoms with Crippen molar-refractivity contribution in [2.45, 2.75) is 68.0 Å². The third-order valence-corrected chi connectivity index (χ3v) is 3.94. The Bertz CT molecular complexity index is 602. The maximum absolute atomic E-state index is 11.7. The molecule has 0 aromatic rings. The van der Waals surface area contributed by atoms with Crippen molar-refractivity contribution in [3.8, 4) is 0 Å². The molecule has 198 valence electrons. The van der Waals surface area contributed by atoms with Gasteiger partial charge in [-0.15, -0.1) is 0 Å². The monoisotopic (exact) mass is 490 g/mol. The van der Waals surface area contributed by atoms with Crippen LogP contribution in [0.5, 0.6) is 0 Å². The van der Waals surface area contributed by atoms with Crippen molar-refractivity contribution in [2.75, 3.05) is 39.3 Å². The quantitative estimate of drug-likeness (QED) is 0.170. The molecule has 0 aliphatic rings. The molecular formula is C22H42N4O8. The highest BCUT2D eigenvalue weighted by molar-refractivity contribution is 5.76. The van der Waals surface area contributed by atoms with Crippen LogP contribution in [-0.2, 0) is 28.5 Å². The van der Waals surface area contributed by atoms with Gasteiger partial charge in [0.2, 0.25) is 12.6 Å². The summed E-state index contributed by atoms with van der Waals surface area (Å²) in [7, 11) is 0. The van der Waals surface area contributed by atoms with E-state index < -0.39 is 47.5 Å². The normalized spacial score (nSPS) is 13.3. The van der Waals surface area contributed by atoms with Gasteiger partial charge < -0.3 is 40.2 Å². The summed E-state index contributed by atoms with van der Waals surface area (Å²) in [5.41, 5.74) is -1.35. The molecule has 0 aliphatic carbocycles. The number of nitrogens with one attached hydrogen (secondary N) is 4. The van der Waals surface area contributed by atoms with E-state index in [2.05, 4.69) is 21.3 Å². The lowest BCUT2D eigenvalue weighted by Crippen LogP contribution is -2.39. The van der Waals surface area contributed by atoms with E-state index in [0.717, 1.165) is 0 Å². The number of amides is 2. The predicted molar refractivity (Wildman–Crippen MR) is 125 cm³/mol. The van der Waals surface area contributed by atoms with Crippen LogP contribution >= 0.6 is 0 Å². The summed E-state index contributed by atoms with van der Waals surface area (Å²) in [6.45, 7) is 16.2. The summed E-state index contributed by atoms with van der Waals surface area (Å²) in [4.78, 5) is 46.8. The summed E-state index contributed by atoms with van der Waals surface area (Å²) in [6.07, 6.45) is -3.29. The van der Waals surface area contributed by atoms with Gasteiger partial charge >= 0.3 is 24.1 Å². The first kappa shape index (κ1) is 31.4. The van der Waals surface area contributed by atoms with Crippen LogP contribution in [0.1, 0.15) is 55.4 Å². The maximum Gasteiger partial charge on any atom is 0.410 e. The second kappa shape index (κ2) is 15.3. The molecule has 2 amide bonds. The van der Waals surface area contributed by atoms with E-state index in [4.69, 9.17) is 18.9 Å². The number of carbonyl (C=O) groups is 4. The molecule has 4 N–H and O–H groups in total. The first-order valence-electron chi connectivity index (χ1n) is 11.4. The lowest BCUT2D eigenvalue weighted by molar-refractivity contribution is -0.175. The topological polar surface area (TPSA) is 153 Å². The van der Waals surface area contributed by atoms with Gasteiger partial charge in [0.15, 0.2) is 0 Å². The molecule has 0 spiro atoms. The molecule has 0 aromatic heterocycles. The molecule has 0 fully saturated rings. The van der Waals surface area contributed by atoms with E-state index in [0.29, 0.717) is 39.3 Å². The Hall–Kier alpha value is -2.60. The summed E-state index contributed by atoms with van der Waals surface area (Å²) in [6, 6.07) is 0. The van der Waals surface area contributed by atoms with Gasteiger partial charge in [0.25, 0.3) is 0 Å². The third-order valence-electron chi connectivity index (χ3n) is 3.94. The van der Waals surface area contributed by atoms with E-state index in [1.54, 1.807) is 41.5 Å². The van der Waals surface area contributed by atoms with Crippen molar-refractivity contribution >= 4 is 24.1 Å². The van der Waals surface area contributed by atoms with Gasteiger partial charge in [0.1, 0.15) is 0 Å². The molecule has 0 heterocycles. The zero-order chi connectivity index (χ0) is 26.4. The average Bonchev–Trinajstić information content (AvgIpc) is 2.67. The molecule has 2 unspecified atom stereocenters. The number of ether oxygens (including phenoxy) is 4. The number of hydrogen-bond acceptors (Lipinski definition) is 10. The van der Waals surface area contributed by atoms with Gasteiger partial charge in [0.05, 0.1) is 10.8 Å². The molecule has 0 radical (unpaired) electrons. The molecule has 0 saturated heterocycles. The molecule has 2 atom stereocenters. The minimum atomic E-state index is -0.975. The number of esters is 2. The summed E-state index contributed by atoms with van der Waals surface area (Å²) < 4.78 is 20.0. The Balaban J connectivity index is 3.68. The Morgan fingerprint density at radius 1 is 0.559 bits per heavy atom. The van der Waals surface area contributed by atoms with E-state index in [9.17, 15) is 19.2 Å². The molecule has 0 bridgehead atoms. The van der Waals surface area contributed by atoms with Crippen molar-refractivity contribution in [3.05, 3.63) is 0 Å². The van der Waals surface area contributed by atoms with Crippen LogP contribution in [0.15, 0.2) is 0 Å². The van der Waals surface area contributed by atoms with Crippen LogP contribution in [-0.4, -0.2) is 76.0 Å². The van der Waals surface area contributed by atoms with Crippen molar-refractivity contribution < 1.29 is 38.1 Å². The molecule has 34 heavy (non-hydrogen) atoms. The van der Waals surface area contributed by atoms with Crippen LogP contribution in [0.3, 0.4) is 0 Å². The Labute approximate surface area is 202 Å². The highest BCUT2D eigenvalue weighted by Gasteiger charge is 2.27. The number of alkyl carbamates (subject to hydrolysis) is 2. The number of hydrogen-bond donors (Lipinski definition) is 4. The Morgan fingerprint density at radius 3 is 1.15 bits per heavy atom. The van der Waals surface area contributed by atoms with Crippen LogP contribution in [0.4, 0.5) is 9.59 Å². The minimum absolute atomic E-state index is 0.337. The molecule has 0 aromatic carbocycles. The molecular weight excluding hydrogens is 448 g/mol. The van der Waals surface area contributed by atoms with Crippen LogP contribution in [0, 0.1) is 10.8 Å². The number of rotatable bonds is 13. The zero-order valence-corrected chi connectivity index (χ0v) is 21.7. The summed E-state index contributed by atoms with van der Waals surface area (Å²) >= 11 is 0. The third kappa shape index (κ3) is 16.1. The fraction of sp³-hybridized carbons (Fsp3) is 0.818. The number of carbonyl (C=O) groups excluding carboxylic acids is 4. The highest BCUT2D eigenvalue weighted by Crippen LogP contribution is 2.17. The Kier molecular flexibility index (Phi) is 14.2. The highest BCUT2D eigenvalue weighted by atomic mass is 16.7. The molecule has 0 rings (SSSR count). The van der Waals surface area contributed by atoms with E-state index in [1.807, 2.05) is 0 Å². The van der Waals surface area contributed by atoms with Gasteiger partial charge in [-0.25, -0.2) is 9.59 Å². The van der Waals surface area contributed by atoms with Crippen molar-refractivity contribution in [1.29, 1.82) is 0 Å². The van der Waals surface area contributed by atoms with Crippen molar-refractivity contribution in [3.63, 3.8) is 0 Å². The SMILES string of the molecule is CC(OC(=O)NCCNCCNCCNC(=O)OC(C)OC(=O)C(C)(C)C)OC(=O)C(C)(C)C. The first-order valence-corrected chi connectivity index (χ1v) is 11.4. The lowest BCUT2D eigenvalue weighted by Gasteiger charge is -2.20. The van der Waals surface area contributed by atoms with Crippen LogP contribution < -0.4 is 21.3 Å². The smallest absolute Gasteiger partial charge is 0.410 e. The lowest BCUT2D eigenvalue weighted by atomic mass is 9.97. The van der Waals surface area contributed by atoms with E-state index in [-0.39, 0.29) is 0 Å². The average molecular weight is 491 g/mol.